The molecule has 96 valence electrons. The molecule has 0 N–H and O–H groups in total. The van der Waals surface area contributed by atoms with Crippen molar-refractivity contribution in [2.24, 2.45) is 0 Å². The van der Waals surface area contributed by atoms with Crippen molar-refractivity contribution in [3.8, 4) is 0 Å². The summed E-state index contributed by atoms with van der Waals surface area (Å²) in [5.41, 5.74) is 0.973. The molecule has 0 amide bonds. The third kappa shape index (κ3) is 2.18. The number of benzene rings is 1. The highest BCUT2D eigenvalue weighted by Crippen LogP contribution is 2.22. The number of hydrogen-bond acceptors (Lipinski definition) is 3. The van der Waals surface area contributed by atoms with Crippen LogP contribution in [0.15, 0.2) is 30.5 Å². The average molecular weight is 265 g/mol. The maximum atomic E-state index is 12.2. The van der Waals surface area contributed by atoms with E-state index < -0.39 is 10.0 Å². The standard InChI is InChI=1S/C13H15NO3S/c1-2-3-8-18(16,17)14-9-11(10-15)12-6-4-5-7-13(12)14/h4-7,9-10H,2-3,8H2,1H3. The molecule has 0 spiro atoms. The number of fused-ring (bicyclic) bond motifs is 1. The molecule has 1 heterocycles. The molecule has 18 heavy (non-hydrogen) atoms. The highest BCUT2D eigenvalue weighted by atomic mass is 32.2. The van der Waals surface area contributed by atoms with Crippen molar-refractivity contribution in [1.82, 2.24) is 3.97 Å². The zero-order valence-corrected chi connectivity index (χ0v) is 11.0. The van der Waals surface area contributed by atoms with Gasteiger partial charge in [0.2, 0.25) is 10.0 Å². The number of unbranched alkanes of at least 4 members (excludes halogenated alkanes) is 1. The number of aldehydes is 1. The van der Waals surface area contributed by atoms with Crippen LogP contribution < -0.4 is 0 Å². The quantitative estimate of drug-likeness (QED) is 0.780. The van der Waals surface area contributed by atoms with Gasteiger partial charge in [-0.3, -0.25) is 4.79 Å². The van der Waals surface area contributed by atoms with Crippen LogP contribution >= 0.6 is 0 Å². The molecule has 5 heteroatoms. The first-order valence-electron chi connectivity index (χ1n) is 5.88. The molecule has 0 atom stereocenters. The topological polar surface area (TPSA) is 56.1 Å². The molecule has 0 aliphatic rings. The van der Waals surface area contributed by atoms with E-state index in [2.05, 4.69) is 0 Å². The molecule has 2 aromatic rings. The van der Waals surface area contributed by atoms with Crippen molar-refractivity contribution in [3.63, 3.8) is 0 Å². The lowest BCUT2D eigenvalue weighted by atomic mass is 10.2. The summed E-state index contributed by atoms with van der Waals surface area (Å²) < 4.78 is 25.6. The monoisotopic (exact) mass is 265 g/mol. The highest BCUT2D eigenvalue weighted by Gasteiger charge is 2.17. The molecule has 0 saturated carbocycles. The molecule has 0 saturated heterocycles. The first-order chi connectivity index (χ1) is 8.60. The zero-order chi connectivity index (χ0) is 13.2. The molecule has 1 aromatic heterocycles. The number of rotatable bonds is 5. The van der Waals surface area contributed by atoms with Gasteiger partial charge in [0.15, 0.2) is 6.29 Å². The van der Waals surface area contributed by atoms with Gasteiger partial charge in [-0.05, 0) is 12.5 Å². The van der Waals surface area contributed by atoms with Gasteiger partial charge in [0, 0.05) is 17.1 Å². The molecule has 0 unspecified atom stereocenters. The van der Waals surface area contributed by atoms with E-state index in [9.17, 15) is 13.2 Å². The van der Waals surface area contributed by atoms with E-state index in [0.29, 0.717) is 29.2 Å². The third-order valence-electron chi connectivity index (χ3n) is 2.89. The fourth-order valence-electron chi connectivity index (χ4n) is 1.92. The van der Waals surface area contributed by atoms with Gasteiger partial charge in [-0.25, -0.2) is 12.4 Å². The summed E-state index contributed by atoms with van der Waals surface area (Å²) in [6, 6.07) is 7.03. The van der Waals surface area contributed by atoms with Crippen LogP contribution in [-0.2, 0) is 10.0 Å². The minimum absolute atomic E-state index is 0.0977. The van der Waals surface area contributed by atoms with Crippen LogP contribution in [-0.4, -0.2) is 24.4 Å². The molecule has 0 bridgehead atoms. The van der Waals surface area contributed by atoms with Crippen LogP contribution in [0.25, 0.3) is 10.9 Å². The number of carbonyl (C=O) groups excluding carboxylic acids is 1. The number of hydrogen-bond donors (Lipinski definition) is 0. The van der Waals surface area contributed by atoms with Crippen molar-refractivity contribution in [2.75, 3.05) is 5.75 Å². The molecule has 2 rings (SSSR count). The Balaban J connectivity index is 2.61. The fraction of sp³-hybridized carbons (Fsp3) is 0.308. The van der Waals surface area contributed by atoms with E-state index in [4.69, 9.17) is 0 Å². The summed E-state index contributed by atoms with van der Waals surface area (Å²) in [4.78, 5) is 11.0. The van der Waals surface area contributed by atoms with Crippen LogP contribution in [0.5, 0.6) is 0 Å². The molecule has 0 aliphatic carbocycles. The van der Waals surface area contributed by atoms with Gasteiger partial charge in [-0.15, -0.1) is 0 Å². The Morgan fingerprint density at radius 3 is 2.67 bits per heavy atom. The Labute approximate surface area is 106 Å². The second-order valence-electron chi connectivity index (χ2n) is 4.18. The van der Waals surface area contributed by atoms with Gasteiger partial charge in [-0.2, -0.15) is 0 Å². The minimum Gasteiger partial charge on any atom is -0.298 e. The van der Waals surface area contributed by atoms with Gasteiger partial charge in [0.1, 0.15) is 0 Å². The largest absolute Gasteiger partial charge is 0.298 e. The van der Waals surface area contributed by atoms with Crippen molar-refractivity contribution in [3.05, 3.63) is 36.0 Å². The number of carbonyl (C=O) groups is 1. The van der Waals surface area contributed by atoms with Crippen LogP contribution in [0.1, 0.15) is 30.1 Å². The second kappa shape index (κ2) is 4.94. The van der Waals surface area contributed by atoms with Gasteiger partial charge in [0.05, 0.1) is 11.3 Å². The Hall–Kier alpha value is -1.62. The maximum absolute atomic E-state index is 12.2. The Bertz CT molecular complexity index is 671. The van der Waals surface area contributed by atoms with E-state index in [-0.39, 0.29) is 5.75 Å². The lowest BCUT2D eigenvalue weighted by Crippen LogP contribution is -2.15. The summed E-state index contributed by atoms with van der Waals surface area (Å²) in [7, 11) is -3.38. The van der Waals surface area contributed by atoms with Crippen LogP contribution in [0.3, 0.4) is 0 Å². The minimum atomic E-state index is -3.38. The van der Waals surface area contributed by atoms with Gasteiger partial charge < -0.3 is 0 Å². The van der Waals surface area contributed by atoms with Crippen molar-refractivity contribution in [2.45, 2.75) is 19.8 Å². The average Bonchev–Trinajstić information content (AvgIpc) is 2.76. The molecular weight excluding hydrogens is 250 g/mol. The molecule has 1 aromatic carbocycles. The number of nitrogens with zero attached hydrogens (tertiary/aromatic N) is 1. The smallest absolute Gasteiger partial charge is 0.239 e. The lowest BCUT2D eigenvalue weighted by Gasteiger charge is -2.06. The highest BCUT2D eigenvalue weighted by molar-refractivity contribution is 7.90. The molecule has 0 aliphatic heterocycles. The van der Waals surface area contributed by atoms with Crippen molar-refractivity contribution >= 4 is 27.2 Å². The summed E-state index contributed by atoms with van der Waals surface area (Å²) in [5, 5.41) is 0.674. The SMILES string of the molecule is CCCCS(=O)(=O)n1cc(C=O)c2ccccc21. The Morgan fingerprint density at radius 1 is 1.28 bits per heavy atom. The summed E-state index contributed by atoms with van der Waals surface area (Å²) >= 11 is 0. The first kappa shape index (κ1) is 12.8. The lowest BCUT2D eigenvalue weighted by molar-refractivity contribution is 0.112. The second-order valence-corrected chi connectivity index (χ2v) is 6.15. The van der Waals surface area contributed by atoms with Gasteiger partial charge in [-0.1, -0.05) is 31.5 Å². The molecule has 0 radical (unpaired) electrons. The van der Waals surface area contributed by atoms with E-state index in [1.165, 1.54) is 10.2 Å². The normalized spacial score (nSPS) is 11.8. The van der Waals surface area contributed by atoms with Gasteiger partial charge in [0.25, 0.3) is 0 Å². The first-order valence-corrected chi connectivity index (χ1v) is 7.49. The molecule has 4 nitrogen and oxygen atoms in total. The summed E-state index contributed by atoms with van der Waals surface area (Å²) in [5.74, 6) is 0.0977. The fourth-order valence-corrected chi connectivity index (χ4v) is 3.51. The van der Waals surface area contributed by atoms with Crippen LogP contribution in [0, 0.1) is 0 Å². The predicted molar refractivity (Wildman–Crippen MR) is 71.4 cm³/mol. The summed E-state index contributed by atoms with van der Waals surface area (Å²) in [6.07, 6.45) is 3.53. The Kier molecular flexibility index (Phi) is 3.52. The Morgan fingerprint density at radius 2 is 2.00 bits per heavy atom. The summed E-state index contributed by atoms with van der Waals surface area (Å²) in [6.45, 7) is 1.94. The van der Waals surface area contributed by atoms with E-state index >= 15 is 0 Å². The number of aromatic nitrogens is 1. The van der Waals surface area contributed by atoms with Crippen molar-refractivity contribution in [1.29, 1.82) is 0 Å². The number of para-hydroxylation sites is 1. The van der Waals surface area contributed by atoms with Gasteiger partial charge >= 0.3 is 0 Å². The third-order valence-corrected chi connectivity index (χ3v) is 4.60. The maximum Gasteiger partial charge on any atom is 0.239 e. The predicted octanol–water partition coefficient (Wildman–Crippen LogP) is 2.43. The zero-order valence-electron chi connectivity index (χ0n) is 10.2. The van der Waals surface area contributed by atoms with Crippen LogP contribution in [0.2, 0.25) is 0 Å². The van der Waals surface area contributed by atoms with E-state index in [1.807, 2.05) is 6.92 Å². The van der Waals surface area contributed by atoms with E-state index in [1.54, 1.807) is 24.3 Å². The van der Waals surface area contributed by atoms with E-state index in [0.717, 1.165) is 6.42 Å². The van der Waals surface area contributed by atoms with Crippen molar-refractivity contribution < 1.29 is 13.2 Å². The van der Waals surface area contributed by atoms with Crippen LogP contribution in [0.4, 0.5) is 0 Å². The molecular formula is C13H15NO3S. The molecule has 0 fully saturated rings.